The summed E-state index contributed by atoms with van der Waals surface area (Å²) in [4.78, 5) is 31.8. The minimum Gasteiger partial charge on any atom is -0.361 e. The van der Waals surface area contributed by atoms with Gasteiger partial charge in [-0.05, 0) is 53.9 Å². The van der Waals surface area contributed by atoms with Gasteiger partial charge in [-0.25, -0.2) is 4.39 Å². The fraction of sp³-hybridized carbons (Fsp3) is 0.154. The van der Waals surface area contributed by atoms with E-state index in [0.717, 1.165) is 34.0 Å². The molecule has 5 rings (SSSR count). The molecular formula is C26H22FN3O2. The lowest BCUT2D eigenvalue weighted by atomic mass is 9.92. The van der Waals surface area contributed by atoms with Crippen LogP contribution in [0.15, 0.2) is 72.9 Å². The summed E-state index contributed by atoms with van der Waals surface area (Å²) in [6.07, 6.45) is 2.69. The maximum atomic E-state index is 13.6. The summed E-state index contributed by atoms with van der Waals surface area (Å²) in [6, 6.07) is 18.4. The fourth-order valence-electron chi connectivity index (χ4n) is 4.30. The first-order chi connectivity index (χ1) is 15.6. The van der Waals surface area contributed by atoms with Crippen LogP contribution in [0, 0.1) is 5.82 Å². The zero-order valence-corrected chi connectivity index (χ0v) is 17.6. The zero-order chi connectivity index (χ0) is 22.2. The SMILES string of the molecule is CCc1ccc(N2C(=O)c3cccc4[nH]cc(c34)C2C(=O)NCc2ccc(F)cc2)cc1. The third-order valence-electron chi connectivity index (χ3n) is 5.99. The van der Waals surface area contributed by atoms with E-state index < -0.39 is 6.04 Å². The van der Waals surface area contributed by atoms with Crippen molar-refractivity contribution in [2.45, 2.75) is 25.9 Å². The minimum absolute atomic E-state index is 0.214. The molecule has 1 unspecified atom stereocenters. The van der Waals surface area contributed by atoms with Crippen LogP contribution in [-0.2, 0) is 17.8 Å². The van der Waals surface area contributed by atoms with Gasteiger partial charge in [-0.3, -0.25) is 14.5 Å². The second-order valence-corrected chi connectivity index (χ2v) is 7.91. The molecule has 2 N–H and O–H groups in total. The standard InChI is InChI=1S/C26H22FN3O2/c1-2-16-8-12-19(13-9-16)30-24(25(31)29-14-17-6-10-18(27)11-7-17)21-15-28-22-5-3-4-20(23(21)22)26(30)32/h3-13,15,24,28H,2,14H2,1H3,(H,29,31). The predicted molar refractivity (Wildman–Crippen MR) is 122 cm³/mol. The van der Waals surface area contributed by atoms with Gasteiger partial charge < -0.3 is 10.3 Å². The normalized spacial score (nSPS) is 15.2. The number of carbonyl (C=O) groups is 2. The van der Waals surface area contributed by atoms with Crippen LogP contribution in [0.25, 0.3) is 10.9 Å². The molecular weight excluding hydrogens is 405 g/mol. The van der Waals surface area contributed by atoms with Crippen LogP contribution in [-0.4, -0.2) is 16.8 Å². The Labute approximate surface area is 184 Å². The average Bonchev–Trinajstić information content (AvgIpc) is 3.25. The number of nitrogens with one attached hydrogen (secondary N) is 2. The van der Waals surface area contributed by atoms with Gasteiger partial charge in [0.2, 0.25) is 5.91 Å². The number of rotatable bonds is 5. The summed E-state index contributed by atoms with van der Waals surface area (Å²) < 4.78 is 13.2. The first-order valence-corrected chi connectivity index (χ1v) is 10.6. The minimum atomic E-state index is -0.820. The summed E-state index contributed by atoms with van der Waals surface area (Å²) in [6.45, 7) is 2.31. The highest BCUT2D eigenvalue weighted by Gasteiger charge is 2.40. The number of nitrogens with zero attached hydrogens (tertiary/aromatic N) is 1. The molecule has 0 bridgehead atoms. The number of aryl methyl sites for hydroxylation is 1. The Balaban J connectivity index is 1.55. The lowest BCUT2D eigenvalue weighted by molar-refractivity contribution is -0.122. The summed E-state index contributed by atoms with van der Waals surface area (Å²) in [5.74, 6) is -0.836. The predicted octanol–water partition coefficient (Wildman–Crippen LogP) is 4.89. The third kappa shape index (κ3) is 3.34. The lowest BCUT2D eigenvalue weighted by Crippen LogP contribution is -2.45. The Hall–Kier alpha value is -3.93. The molecule has 0 aliphatic carbocycles. The average molecular weight is 427 g/mol. The fourth-order valence-corrected chi connectivity index (χ4v) is 4.30. The topological polar surface area (TPSA) is 65.2 Å². The molecule has 1 atom stereocenters. The highest BCUT2D eigenvalue weighted by Crippen LogP contribution is 2.40. The van der Waals surface area contributed by atoms with Gasteiger partial charge in [0.25, 0.3) is 5.91 Å². The van der Waals surface area contributed by atoms with Gasteiger partial charge >= 0.3 is 0 Å². The van der Waals surface area contributed by atoms with E-state index in [4.69, 9.17) is 0 Å². The first kappa shape index (κ1) is 20.0. The molecule has 2 heterocycles. The van der Waals surface area contributed by atoms with E-state index in [0.29, 0.717) is 11.3 Å². The molecule has 0 radical (unpaired) electrons. The molecule has 0 saturated heterocycles. The van der Waals surface area contributed by atoms with Crippen LogP contribution >= 0.6 is 0 Å². The quantitative estimate of drug-likeness (QED) is 0.476. The molecule has 5 nitrogen and oxygen atoms in total. The van der Waals surface area contributed by atoms with Crippen LogP contribution in [0.3, 0.4) is 0 Å². The van der Waals surface area contributed by atoms with Crippen molar-refractivity contribution in [1.82, 2.24) is 10.3 Å². The second kappa shape index (κ2) is 7.96. The molecule has 2 amide bonds. The van der Waals surface area contributed by atoms with Crippen molar-refractivity contribution in [1.29, 1.82) is 0 Å². The van der Waals surface area contributed by atoms with Crippen molar-refractivity contribution in [3.05, 3.63) is 101 Å². The number of hydrogen-bond donors (Lipinski definition) is 2. The zero-order valence-electron chi connectivity index (χ0n) is 17.6. The van der Waals surface area contributed by atoms with Crippen molar-refractivity contribution in [3.63, 3.8) is 0 Å². The second-order valence-electron chi connectivity index (χ2n) is 7.91. The molecule has 1 aliphatic heterocycles. The van der Waals surface area contributed by atoms with Crippen molar-refractivity contribution in [2.24, 2.45) is 0 Å². The first-order valence-electron chi connectivity index (χ1n) is 10.6. The number of H-pyrrole nitrogens is 1. The molecule has 1 aliphatic rings. The number of anilines is 1. The smallest absolute Gasteiger partial charge is 0.259 e. The molecule has 3 aromatic carbocycles. The Morgan fingerprint density at radius 3 is 2.47 bits per heavy atom. The van der Waals surface area contributed by atoms with Gasteiger partial charge in [-0.2, -0.15) is 0 Å². The number of amides is 2. The van der Waals surface area contributed by atoms with Gasteiger partial charge in [0.05, 0.1) is 0 Å². The number of aromatic amines is 1. The van der Waals surface area contributed by atoms with Crippen LogP contribution in [0.2, 0.25) is 0 Å². The molecule has 6 heteroatoms. The van der Waals surface area contributed by atoms with Crippen molar-refractivity contribution < 1.29 is 14.0 Å². The maximum Gasteiger partial charge on any atom is 0.259 e. The van der Waals surface area contributed by atoms with Crippen molar-refractivity contribution in [3.8, 4) is 0 Å². The Kier molecular flexibility index (Phi) is 4.98. The van der Waals surface area contributed by atoms with Gasteiger partial charge in [-0.15, -0.1) is 0 Å². The number of carbonyl (C=O) groups excluding carboxylic acids is 2. The highest BCUT2D eigenvalue weighted by atomic mass is 19.1. The Bertz CT molecular complexity index is 1310. The van der Waals surface area contributed by atoms with Crippen molar-refractivity contribution >= 4 is 28.4 Å². The van der Waals surface area contributed by atoms with E-state index in [1.54, 1.807) is 29.3 Å². The van der Waals surface area contributed by atoms with E-state index >= 15 is 0 Å². The number of aromatic nitrogens is 1. The van der Waals surface area contributed by atoms with Crippen LogP contribution in [0.4, 0.5) is 10.1 Å². The summed E-state index contributed by atoms with van der Waals surface area (Å²) in [5.41, 5.74) is 4.74. The monoisotopic (exact) mass is 427 g/mol. The highest BCUT2D eigenvalue weighted by molar-refractivity contribution is 6.20. The van der Waals surface area contributed by atoms with Crippen LogP contribution in [0.5, 0.6) is 0 Å². The molecule has 0 saturated carbocycles. The Morgan fingerprint density at radius 2 is 1.75 bits per heavy atom. The van der Waals surface area contributed by atoms with Crippen LogP contribution in [0.1, 0.15) is 40.0 Å². The van der Waals surface area contributed by atoms with E-state index in [9.17, 15) is 14.0 Å². The molecule has 0 spiro atoms. The largest absolute Gasteiger partial charge is 0.361 e. The van der Waals surface area contributed by atoms with Gasteiger partial charge in [0, 0.05) is 40.5 Å². The number of hydrogen-bond acceptors (Lipinski definition) is 2. The molecule has 1 aromatic heterocycles. The van der Waals surface area contributed by atoms with Gasteiger partial charge in [-0.1, -0.05) is 37.3 Å². The molecule has 160 valence electrons. The van der Waals surface area contributed by atoms with E-state index in [2.05, 4.69) is 17.2 Å². The van der Waals surface area contributed by atoms with Gasteiger partial charge in [0.1, 0.15) is 11.9 Å². The van der Waals surface area contributed by atoms with Crippen LogP contribution < -0.4 is 10.2 Å². The summed E-state index contributed by atoms with van der Waals surface area (Å²) in [5, 5.41) is 3.70. The molecule has 4 aromatic rings. The lowest BCUT2D eigenvalue weighted by Gasteiger charge is -2.34. The van der Waals surface area contributed by atoms with Gasteiger partial charge in [0.15, 0.2) is 0 Å². The summed E-state index contributed by atoms with van der Waals surface area (Å²) >= 11 is 0. The summed E-state index contributed by atoms with van der Waals surface area (Å²) in [7, 11) is 0. The van der Waals surface area contributed by atoms with Crippen molar-refractivity contribution in [2.75, 3.05) is 4.90 Å². The molecule has 0 fully saturated rings. The number of benzene rings is 3. The van der Waals surface area contributed by atoms with E-state index in [1.807, 2.05) is 36.4 Å². The Morgan fingerprint density at radius 1 is 1.03 bits per heavy atom. The van der Waals surface area contributed by atoms with E-state index in [-0.39, 0.29) is 24.2 Å². The maximum absolute atomic E-state index is 13.6. The third-order valence-corrected chi connectivity index (χ3v) is 5.99. The van der Waals surface area contributed by atoms with E-state index in [1.165, 1.54) is 12.1 Å². The number of halogens is 1. The molecule has 32 heavy (non-hydrogen) atoms.